The van der Waals surface area contributed by atoms with E-state index in [-0.39, 0.29) is 37.3 Å². The topological polar surface area (TPSA) is 58.4 Å². The molecular weight excluding hydrogens is 342 g/mol. The van der Waals surface area contributed by atoms with Crippen LogP contribution in [-0.2, 0) is 0 Å². The van der Waals surface area contributed by atoms with Gasteiger partial charge < -0.3 is 11.1 Å². The van der Waals surface area contributed by atoms with Gasteiger partial charge in [0.05, 0.1) is 6.54 Å². The number of carbonyl (C=O) groups is 1. The predicted molar refractivity (Wildman–Crippen MR) is 85.9 cm³/mol. The highest BCUT2D eigenvalue weighted by Crippen LogP contribution is 2.15. The first-order chi connectivity index (χ1) is 9.28. The predicted octanol–water partition coefficient (Wildman–Crippen LogP) is 2.73. The third-order valence-corrected chi connectivity index (χ3v) is 2.60. The van der Waals surface area contributed by atoms with E-state index in [4.69, 9.17) is 5.73 Å². The molecule has 0 radical (unpaired) electrons. The van der Waals surface area contributed by atoms with Gasteiger partial charge in [-0.1, -0.05) is 6.07 Å². The van der Waals surface area contributed by atoms with Crippen molar-refractivity contribution in [3.8, 4) is 0 Å². The highest BCUT2D eigenvalue weighted by Gasteiger charge is 2.28. The highest BCUT2D eigenvalue weighted by molar-refractivity contribution is 5.94. The second-order valence-corrected chi connectivity index (χ2v) is 4.59. The highest BCUT2D eigenvalue weighted by atomic mass is 35.5. The molecule has 0 aliphatic heterocycles. The molecule has 0 atom stereocenters. The van der Waals surface area contributed by atoms with Crippen LogP contribution in [0.15, 0.2) is 24.3 Å². The smallest absolute Gasteiger partial charge is 0.399 e. The van der Waals surface area contributed by atoms with Crippen LogP contribution in [0, 0.1) is 0 Å². The molecule has 0 saturated carbocycles. The first-order valence-corrected chi connectivity index (χ1v) is 6.17. The summed E-state index contributed by atoms with van der Waals surface area (Å²) < 4.78 is 36.2. The van der Waals surface area contributed by atoms with Gasteiger partial charge in [-0.15, -0.1) is 24.8 Å². The van der Waals surface area contributed by atoms with Crippen molar-refractivity contribution < 1.29 is 18.0 Å². The van der Waals surface area contributed by atoms with Crippen molar-refractivity contribution in [1.82, 2.24) is 10.2 Å². The van der Waals surface area contributed by atoms with Gasteiger partial charge in [0.2, 0.25) is 0 Å². The largest absolute Gasteiger partial charge is 0.401 e. The van der Waals surface area contributed by atoms with Crippen molar-refractivity contribution >= 4 is 36.4 Å². The number of nitrogen functional groups attached to an aromatic ring is 1. The number of halogens is 5. The standard InChI is InChI=1S/C13H18F3N3O.2ClH/c1-19(9-13(14,15)16)7-3-6-18-12(20)10-4-2-5-11(17)8-10;;/h2,4-5,8H,3,6-7,9,17H2,1H3,(H,18,20);2*1H. The minimum atomic E-state index is -4.19. The summed E-state index contributed by atoms with van der Waals surface area (Å²) in [5.41, 5.74) is 6.48. The molecule has 0 bridgehead atoms. The number of hydrogen-bond acceptors (Lipinski definition) is 3. The molecule has 0 heterocycles. The van der Waals surface area contributed by atoms with Gasteiger partial charge in [0.1, 0.15) is 0 Å². The third kappa shape index (κ3) is 9.70. The van der Waals surface area contributed by atoms with Crippen LogP contribution in [0.5, 0.6) is 0 Å². The minimum absolute atomic E-state index is 0. The fourth-order valence-corrected chi connectivity index (χ4v) is 1.72. The number of benzene rings is 1. The molecule has 0 unspecified atom stereocenters. The van der Waals surface area contributed by atoms with Crippen LogP contribution in [0.3, 0.4) is 0 Å². The molecule has 9 heteroatoms. The van der Waals surface area contributed by atoms with Crippen molar-refractivity contribution in [3.63, 3.8) is 0 Å². The van der Waals surface area contributed by atoms with Crippen LogP contribution in [-0.4, -0.2) is 43.7 Å². The van der Waals surface area contributed by atoms with Crippen LogP contribution >= 0.6 is 24.8 Å². The van der Waals surface area contributed by atoms with Crippen LogP contribution in [0.2, 0.25) is 0 Å². The second-order valence-electron chi connectivity index (χ2n) is 4.59. The zero-order valence-corrected chi connectivity index (χ0v) is 13.7. The fourth-order valence-electron chi connectivity index (χ4n) is 1.72. The minimum Gasteiger partial charge on any atom is -0.399 e. The summed E-state index contributed by atoms with van der Waals surface area (Å²) in [7, 11) is 1.40. The van der Waals surface area contributed by atoms with Crippen molar-refractivity contribution in [2.45, 2.75) is 12.6 Å². The quantitative estimate of drug-likeness (QED) is 0.604. The molecule has 0 fully saturated rings. The van der Waals surface area contributed by atoms with E-state index in [0.717, 1.165) is 0 Å². The normalized spacial score (nSPS) is 10.6. The Morgan fingerprint density at radius 3 is 2.50 bits per heavy atom. The number of nitrogens with two attached hydrogens (primary N) is 1. The molecule has 1 amide bonds. The van der Waals surface area contributed by atoms with Crippen molar-refractivity contribution in [3.05, 3.63) is 29.8 Å². The Bertz CT molecular complexity index is 458. The van der Waals surface area contributed by atoms with Gasteiger partial charge in [0.25, 0.3) is 5.91 Å². The van der Waals surface area contributed by atoms with Gasteiger partial charge in [-0.3, -0.25) is 9.69 Å². The van der Waals surface area contributed by atoms with E-state index in [1.807, 2.05) is 0 Å². The van der Waals surface area contributed by atoms with Crippen LogP contribution in [0.1, 0.15) is 16.8 Å². The molecule has 3 N–H and O–H groups in total. The van der Waals surface area contributed by atoms with E-state index in [2.05, 4.69) is 5.32 Å². The number of carbonyl (C=O) groups excluding carboxylic acids is 1. The molecule has 0 aromatic heterocycles. The number of amides is 1. The van der Waals surface area contributed by atoms with E-state index in [0.29, 0.717) is 24.2 Å². The SMILES string of the molecule is CN(CCCNC(=O)c1cccc(N)c1)CC(F)(F)F.Cl.Cl. The van der Waals surface area contributed by atoms with Crippen LogP contribution in [0.25, 0.3) is 0 Å². The van der Waals surface area contributed by atoms with E-state index < -0.39 is 12.7 Å². The molecule has 0 aliphatic rings. The number of rotatable bonds is 6. The third-order valence-electron chi connectivity index (χ3n) is 2.60. The lowest BCUT2D eigenvalue weighted by Gasteiger charge is -2.18. The van der Waals surface area contributed by atoms with E-state index in [9.17, 15) is 18.0 Å². The van der Waals surface area contributed by atoms with Crippen LogP contribution < -0.4 is 11.1 Å². The second kappa shape index (κ2) is 10.5. The molecule has 1 aromatic rings. The summed E-state index contributed by atoms with van der Waals surface area (Å²) in [5, 5.41) is 2.64. The van der Waals surface area contributed by atoms with Crippen molar-refractivity contribution in [2.24, 2.45) is 0 Å². The summed E-state index contributed by atoms with van der Waals surface area (Å²) in [5.74, 6) is -0.282. The van der Waals surface area contributed by atoms with E-state index in [1.54, 1.807) is 24.3 Å². The van der Waals surface area contributed by atoms with Gasteiger partial charge in [-0.2, -0.15) is 13.2 Å². The molecule has 128 valence electrons. The monoisotopic (exact) mass is 361 g/mol. The average Bonchev–Trinajstić information content (AvgIpc) is 2.32. The van der Waals surface area contributed by atoms with Crippen molar-refractivity contribution in [1.29, 1.82) is 0 Å². The number of alkyl halides is 3. The lowest BCUT2D eigenvalue weighted by Crippen LogP contribution is -2.33. The maximum absolute atomic E-state index is 12.1. The average molecular weight is 362 g/mol. The molecule has 22 heavy (non-hydrogen) atoms. The van der Waals surface area contributed by atoms with Gasteiger partial charge >= 0.3 is 6.18 Å². The summed E-state index contributed by atoms with van der Waals surface area (Å²) in [4.78, 5) is 12.9. The molecule has 0 aliphatic carbocycles. The Morgan fingerprint density at radius 1 is 1.32 bits per heavy atom. The van der Waals surface area contributed by atoms with E-state index >= 15 is 0 Å². The maximum atomic E-state index is 12.1. The summed E-state index contributed by atoms with van der Waals surface area (Å²) in [6.45, 7) is -0.372. The number of nitrogens with one attached hydrogen (secondary N) is 1. The summed E-state index contributed by atoms with van der Waals surface area (Å²) in [6.07, 6.45) is -3.75. The van der Waals surface area contributed by atoms with Crippen LogP contribution in [0.4, 0.5) is 18.9 Å². The fraction of sp³-hybridized carbons (Fsp3) is 0.462. The molecular formula is C13H20Cl2F3N3O. The Labute approximate surface area is 140 Å². The maximum Gasteiger partial charge on any atom is 0.401 e. The van der Waals surface area contributed by atoms with Gasteiger partial charge in [0, 0.05) is 17.8 Å². The number of nitrogens with zero attached hydrogens (tertiary/aromatic N) is 1. The van der Waals surface area contributed by atoms with Gasteiger partial charge in [-0.05, 0) is 38.2 Å². The van der Waals surface area contributed by atoms with Crippen molar-refractivity contribution in [2.75, 3.05) is 32.4 Å². The Hall–Kier alpha value is -1.18. The lowest BCUT2D eigenvalue weighted by atomic mass is 10.2. The Balaban J connectivity index is 0. The first kappa shape index (κ1) is 23.1. The lowest BCUT2D eigenvalue weighted by molar-refractivity contribution is -0.143. The first-order valence-electron chi connectivity index (χ1n) is 6.17. The zero-order chi connectivity index (χ0) is 15.2. The molecule has 1 aromatic carbocycles. The Morgan fingerprint density at radius 2 is 1.95 bits per heavy atom. The summed E-state index contributed by atoms with van der Waals surface area (Å²) >= 11 is 0. The molecule has 4 nitrogen and oxygen atoms in total. The van der Waals surface area contributed by atoms with E-state index in [1.165, 1.54) is 11.9 Å². The number of hydrogen-bond donors (Lipinski definition) is 2. The Kier molecular flexibility index (Phi) is 11.1. The molecule has 1 rings (SSSR count). The number of anilines is 1. The van der Waals surface area contributed by atoms with Gasteiger partial charge in [-0.25, -0.2) is 0 Å². The molecule has 0 spiro atoms. The summed E-state index contributed by atoms with van der Waals surface area (Å²) in [6, 6.07) is 6.51. The van der Waals surface area contributed by atoms with Gasteiger partial charge in [0.15, 0.2) is 0 Å². The zero-order valence-electron chi connectivity index (χ0n) is 12.0. The molecule has 0 saturated heterocycles.